The van der Waals surface area contributed by atoms with Crippen LogP contribution in [-0.2, 0) is 11.2 Å². The smallest absolute Gasteiger partial charge is 0.408 e. The lowest BCUT2D eigenvalue weighted by Crippen LogP contribution is -2.68. The van der Waals surface area contributed by atoms with Crippen LogP contribution in [0.15, 0.2) is 79.0 Å². The number of aromatic nitrogens is 1. The summed E-state index contributed by atoms with van der Waals surface area (Å²) in [5.74, 6) is 3.23. The molecule has 0 saturated heterocycles. The van der Waals surface area contributed by atoms with E-state index >= 15 is 0 Å². The standard InChI is InChI=1S/C37H39N3O4/c1-37(19-26-20-38-31-11-5-2-8-27(26)31,40(36(42)43)34-24-15-22-14-23(17-24)18-25(34)16-22)35(41)39-21-30-28-9-3-6-12-32(28)44-33-13-7-4-10-29(30)33/h2-13,20,22-25,30,34,38H,14-19,21H2,1H3,(H,39,41)(H,42,43). The fourth-order valence-electron chi connectivity index (χ4n) is 9.52. The van der Waals surface area contributed by atoms with Crippen molar-refractivity contribution in [3.05, 3.63) is 95.7 Å². The van der Waals surface area contributed by atoms with E-state index in [1.807, 2.05) is 85.9 Å². The summed E-state index contributed by atoms with van der Waals surface area (Å²) >= 11 is 0. The maximum Gasteiger partial charge on any atom is 0.408 e. The van der Waals surface area contributed by atoms with Gasteiger partial charge in [-0.15, -0.1) is 0 Å². The third-order valence-corrected chi connectivity index (χ3v) is 11.2. The SMILES string of the molecule is CC(Cc1c[nH]c2ccccc12)(C(=O)NCC1c2ccccc2Oc2ccccc21)N(C(=O)O)C1C2CC3CC(C2)CC1C3. The Morgan fingerprint density at radius 2 is 1.48 bits per heavy atom. The number of hydrogen-bond donors (Lipinski definition) is 3. The number of carbonyl (C=O) groups is 2. The highest BCUT2D eigenvalue weighted by Crippen LogP contribution is 2.56. The highest BCUT2D eigenvalue weighted by atomic mass is 16.5. The molecule has 3 N–H and O–H groups in total. The number of carboxylic acid groups (broad SMARTS) is 1. The van der Waals surface area contributed by atoms with E-state index in [0.717, 1.165) is 64.8 Å². The molecule has 1 atom stereocenters. The Bertz CT molecular complexity index is 1670. The van der Waals surface area contributed by atoms with Gasteiger partial charge in [-0.05, 0) is 86.5 Å². The second kappa shape index (κ2) is 10.4. The van der Waals surface area contributed by atoms with Gasteiger partial charge in [-0.1, -0.05) is 54.6 Å². The van der Waals surface area contributed by atoms with E-state index in [9.17, 15) is 14.7 Å². The molecule has 3 aromatic carbocycles. The van der Waals surface area contributed by atoms with Gasteiger partial charge in [0.15, 0.2) is 0 Å². The van der Waals surface area contributed by atoms with Gasteiger partial charge in [0.1, 0.15) is 17.0 Å². The topological polar surface area (TPSA) is 94.7 Å². The Balaban J connectivity index is 1.16. The first-order valence-electron chi connectivity index (χ1n) is 16.1. The van der Waals surface area contributed by atoms with Crippen molar-refractivity contribution in [2.75, 3.05) is 6.54 Å². The predicted octanol–water partition coefficient (Wildman–Crippen LogP) is 7.33. The monoisotopic (exact) mass is 589 g/mol. The molecule has 1 unspecified atom stereocenters. The van der Waals surface area contributed by atoms with Crippen molar-refractivity contribution in [1.29, 1.82) is 0 Å². The molecular formula is C37H39N3O4. The van der Waals surface area contributed by atoms with Crippen LogP contribution in [0.25, 0.3) is 10.9 Å². The summed E-state index contributed by atoms with van der Waals surface area (Å²) in [6.45, 7) is 2.20. The number of nitrogens with one attached hydrogen (secondary N) is 2. The molecular weight excluding hydrogens is 550 g/mol. The van der Waals surface area contributed by atoms with Crippen molar-refractivity contribution in [3.8, 4) is 11.5 Å². The summed E-state index contributed by atoms with van der Waals surface area (Å²) < 4.78 is 6.19. The van der Waals surface area contributed by atoms with Crippen molar-refractivity contribution in [2.45, 2.75) is 62.9 Å². The number of carbonyl (C=O) groups excluding carboxylic acids is 1. The first kappa shape index (κ1) is 27.3. The third-order valence-electron chi connectivity index (χ3n) is 11.2. The lowest BCUT2D eigenvalue weighted by Gasteiger charge is -2.59. The Morgan fingerprint density at radius 1 is 0.886 bits per heavy atom. The van der Waals surface area contributed by atoms with Crippen LogP contribution in [0.2, 0.25) is 0 Å². The predicted molar refractivity (Wildman–Crippen MR) is 169 cm³/mol. The maximum atomic E-state index is 14.7. The molecule has 2 heterocycles. The van der Waals surface area contributed by atoms with E-state index in [4.69, 9.17) is 4.74 Å². The normalized spacial score (nSPS) is 26.3. The van der Waals surface area contributed by atoms with E-state index in [2.05, 4.69) is 10.3 Å². The second-order valence-corrected chi connectivity index (χ2v) is 13.8. The number of fused-ring (bicyclic) bond motifs is 3. The third kappa shape index (κ3) is 4.39. The van der Waals surface area contributed by atoms with E-state index in [1.54, 1.807) is 4.90 Å². The molecule has 5 aliphatic rings. The molecule has 44 heavy (non-hydrogen) atoms. The van der Waals surface area contributed by atoms with Gasteiger partial charge in [0.25, 0.3) is 0 Å². The van der Waals surface area contributed by atoms with Gasteiger partial charge in [0, 0.05) is 53.2 Å². The molecule has 4 aromatic rings. The van der Waals surface area contributed by atoms with Gasteiger partial charge < -0.3 is 20.1 Å². The number of nitrogens with zero attached hydrogens (tertiary/aromatic N) is 1. The zero-order chi connectivity index (χ0) is 30.0. The average molecular weight is 590 g/mol. The fraction of sp³-hybridized carbons (Fsp3) is 0.405. The largest absolute Gasteiger partial charge is 0.465 e. The Hall–Kier alpha value is -4.26. The molecule has 1 aromatic heterocycles. The fourth-order valence-corrected chi connectivity index (χ4v) is 9.52. The summed E-state index contributed by atoms with van der Waals surface area (Å²) in [5, 5.41) is 15.3. The molecule has 7 nitrogen and oxygen atoms in total. The summed E-state index contributed by atoms with van der Waals surface area (Å²) in [5.41, 5.74) is 2.66. The van der Waals surface area contributed by atoms with Crippen LogP contribution < -0.4 is 10.1 Å². The molecule has 9 rings (SSSR count). The van der Waals surface area contributed by atoms with E-state index in [-0.39, 0.29) is 17.9 Å². The Morgan fingerprint density at radius 3 is 2.11 bits per heavy atom. The van der Waals surface area contributed by atoms with Gasteiger partial charge >= 0.3 is 6.09 Å². The van der Waals surface area contributed by atoms with Crippen molar-refractivity contribution in [2.24, 2.45) is 23.7 Å². The molecule has 4 aliphatic carbocycles. The summed E-state index contributed by atoms with van der Waals surface area (Å²) in [6, 6.07) is 23.8. The van der Waals surface area contributed by atoms with Crippen LogP contribution >= 0.6 is 0 Å². The highest BCUT2D eigenvalue weighted by molar-refractivity contribution is 5.91. The zero-order valence-corrected chi connectivity index (χ0v) is 25.0. The van der Waals surface area contributed by atoms with Gasteiger partial charge in [-0.25, -0.2) is 4.79 Å². The van der Waals surface area contributed by atoms with Crippen LogP contribution in [0.4, 0.5) is 4.79 Å². The number of amides is 2. The van der Waals surface area contributed by atoms with Crippen LogP contribution in [0.5, 0.6) is 11.5 Å². The molecule has 226 valence electrons. The van der Waals surface area contributed by atoms with E-state index < -0.39 is 11.6 Å². The molecule has 2 amide bonds. The minimum atomic E-state index is -1.30. The van der Waals surface area contributed by atoms with Crippen LogP contribution in [-0.4, -0.2) is 45.1 Å². The van der Waals surface area contributed by atoms with Crippen molar-refractivity contribution >= 4 is 22.9 Å². The second-order valence-electron chi connectivity index (χ2n) is 13.8. The van der Waals surface area contributed by atoms with E-state index in [0.29, 0.717) is 36.6 Å². The quantitative estimate of drug-likeness (QED) is 0.210. The average Bonchev–Trinajstić information content (AvgIpc) is 3.42. The Labute approximate surface area is 257 Å². The first-order chi connectivity index (χ1) is 21.4. The van der Waals surface area contributed by atoms with Crippen LogP contribution in [0, 0.1) is 23.7 Å². The minimum absolute atomic E-state index is 0.114. The molecule has 4 bridgehead atoms. The summed E-state index contributed by atoms with van der Waals surface area (Å²) in [6.07, 6.45) is 6.81. The van der Waals surface area contributed by atoms with E-state index in [1.165, 1.54) is 6.42 Å². The van der Waals surface area contributed by atoms with Gasteiger partial charge in [-0.3, -0.25) is 9.69 Å². The molecule has 4 saturated carbocycles. The number of aromatic amines is 1. The molecule has 4 fully saturated rings. The number of hydrogen-bond acceptors (Lipinski definition) is 3. The van der Waals surface area contributed by atoms with Gasteiger partial charge in [0.05, 0.1) is 0 Å². The van der Waals surface area contributed by atoms with Crippen molar-refractivity contribution < 1.29 is 19.4 Å². The lowest BCUT2D eigenvalue weighted by molar-refractivity contribution is -0.140. The van der Waals surface area contributed by atoms with Gasteiger partial charge in [-0.2, -0.15) is 0 Å². The number of benzene rings is 3. The number of para-hydroxylation sites is 3. The van der Waals surface area contributed by atoms with Crippen molar-refractivity contribution in [3.63, 3.8) is 0 Å². The highest BCUT2D eigenvalue weighted by Gasteiger charge is 2.56. The summed E-state index contributed by atoms with van der Waals surface area (Å²) in [7, 11) is 0. The molecule has 7 heteroatoms. The maximum absolute atomic E-state index is 14.7. The number of H-pyrrole nitrogens is 1. The number of ether oxygens (including phenoxy) is 1. The molecule has 1 aliphatic heterocycles. The Kier molecular flexibility index (Phi) is 6.47. The van der Waals surface area contributed by atoms with Crippen molar-refractivity contribution in [1.82, 2.24) is 15.2 Å². The van der Waals surface area contributed by atoms with Gasteiger partial charge in [0.2, 0.25) is 5.91 Å². The molecule has 0 spiro atoms. The minimum Gasteiger partial charge on any atom is -0.465 e. The first-order valence-corrected chi connectivity index (χ1v) is 16.1. The summed E-state index contributed by atoms with van der Waals surface area (Å²) in [4.78, 5) is 33.1. The lowest BCUT2D eigenvalue weighted by atomic mass is 9.53. The van der Waals surface area contributed by atoms with Crippen LogP contribution in [0.3, 0.4) is 0 Å². The molecule has 0 radical (unpaired) electrons. The number of rotatable bonds is 7. The zero-order valence-electron chi connectivity index (χ0n) is 25.0. The van der Waals surface area contributed by atoms with Crippen LogP contribution in [0.1, 0.15) is 61.6 Å².